The first kappa shape index (κ1) is 17.2. The van der Waals surface area contributed by atoms with E-state index >= 15 is 0 Å². The third-order valence-electron chi connectivity index (χ3n) is 7.25. The second-order valence-corrected chi connectivity index (χ2v) is 9.19. The SMILES string of the molecule is Cc1cc(NC(O)c2nn(C3C4CC5CC(C4)CC3C5)c3ncnc(N)c23)n[nH]1. The van der Waals surface area contributed by atoms with E-state index in [1.165, 1.54) is 38.4 Å². The van der Waals surface area contributed by atoms with E-state index in [0.29, 0.717) is 40.6 Å². The van der Waals surface area contributed by atoms with Gasteiger partial charge in [-0.25, -0.2) is 14.6 Å². The van der Waals surface area contributed by atoms with Crippen molar-refractivity contribution in [1.82, 2.24) is 29.9 Å². The minimum Gasteiger partial charge on any atom is -0.383 e. The van der Waals surface area contributed by atoms with Gasteiger partial charge in [-0.15, -0.1) is 0 Å². The molecule has 4 aliphatic rings. The molecule has 7 rings (SSSR count). The van der Waals surface area contributed by atoms with Crippen molar-refractivity contribution in [2.75, 3.05) is 11.1 Å². The number of aryl methyl sites for hydroxylation is 1. The normalized spacial score (nSPS) is 31.4. The van der Waals surface area contributed by atoms with Crippen LogP contribution < -0.4 is 11.1 Å². The Morgan fingerprint density at radius 1 is 1.17 bits per heavy atom. The molecular formula is C20H26N8O. The quantitative estimate of drug-likeness (QED) is 0.500. The number of aliphatic hydroxyl groups excluding tert-OH is 1. The van der Waals surface area contributed by atoms with Crippen LogP contribution in [0.2, 0.25) is 0 Å². The van der Waals surface area contributed by atoms with E-state index < -0.39 is 6.23 Å². The molecule has 0 aliphatic heterocycles. The Hall–Kier alpha value is -2.68. The zero-order valence-electron chi connectivity index (χ0n) is 16.4. The van der Waals surface area contributed by atoms with Gasteiger partial charge in [0.1, 0.15) is 23.7 Å². The Labute approximate surface area is 168 Å². The molecule has 1 unspecified atom stereocenters. The van der Waals surface area contributed by atoms with Gasteiger partial charge < -0.3 is 16.2 Å². The summed E-state index contributed by atoms with van der Waals surface area (Å²) < 4.78 is 2.05. The van der Waals surface area contributed by atoms with Crippen molar-refractivity contribution >= 4 is 22.7 Å². The molecule has 0 saturated heterocycles. The first-order chi connectivity index (χ1) is 14.1. The summed E-state index contributed by atoms with van der Waals surface area (Å²) in [6, 6.07) is 2.16. The van der Waals surface area contributed by atoms with Crippen LogP contribution >= 0.6 is 0 Å². The fourth-order valence-corrected chi connectivity index (χ4v) is 6.42. The molecule has 5 N–H and O–H groups in total. The van der Waals surface area contributed by atoms with E-state index in [2.05, 4.69) is 30.2 Å². The number of hydrogen-bond donors (Lipinski definition) is 4. The number of anilines is 2. The highest BCUT2D eigenvalue weighted by Gasteiger charge is 2.50. The van der Waals surface area contributed by atoms with Crippen molar-refractivity contribution in [2.24, 2.45) is 23.7 Å². The van der Waals surface area contributed by atoms with Crippen molar-refractivity contribution in [3.63, 3.8) is 0 Å². The zero-order chi connectivity index (χ0) is 19.7. The highest BCUT2D eigenvalue weighted by molar-refractivity contribution is 5.88. The fourth-order valence-electron chi connectivity index (χ4n) is 6.42. The van der Waals surface area contributed by atoms with Crippen LogP contribution in [0.3, 0.4) is 0 Å². The molecule has 4 aliphatic carbocycles. The molecule has 152 valence electrons. The van der Waals surface area contributed by atoms with Gasteiger partial charge in [0.05, 0.1) is 11.4 Å². The van der Waals surface area contributed by atoms with Crippen LogP contribution in [0.25, 0.3) is 11.0 Å². The smallest absolute Gasteiger partial charge is 0.171 e. The molecule has 9 nitrogen and oxygen atoms in total. The van der Waals surface area contributed by atoms with Crippen LogP contribution in [0.1, 0.15) is 55.8 Å². The third kappa shape index (κ3) is 2.63. The Morgan fingerprint density at radius 3 is 2.55 bits per heavy atom. The summed E-state index contributed by atoms with van der Waals surface area (Å²) in [4.78, 5) is 8.70. The van der Waals surface area contributed by atoms with Crippen molar-refractivity contribution in [3.8, 4) is 0 Å². The lowest BCUT2D eigenvalue weighted by atomic mass is 9.54. The summed E-state index contributed by atoms with van der Waals surface area (Å²) in [6.07, 6.45) is 6.97. The topological polar surface area (TPSA) is 131 Å². The number of aliphatic hydroxyl groups is 1. The molecule has 3 heterocycles. The van der Waals surface area contributed by atoms with Crippen molar-refractivity contribution in [1.29, 1.82) is 0 Å². The van der Waals surface area contributed by atoms with Crippen LogP contribution in [-0.4, -0.2) is 35.1 Å². The molecular weight excluding hydrogens is 368 g/mol. The zero-order valence-corrected chi connectivity index (χ0v) is 16.4. The number of rotatable bonds is 4. The number of nitrogens with one attached hydrogen (secondary N) is 2. The summed E-state index contributed by atoms with van der Waals surface area (Å²) in [5.41, 5.74) is 8.32. The maximum Gasteiger partial charge on any atom is 0.171 e. The van der Waals surface area contributed by atoms with E-state index in [-0.39, 0.29) is 0 Å². The number of H-pyrrole nitrogens is 1. The standard InChI is InChI=1S/C20H26N8O/c1-9-2-14(26-25-9)24-20(29)16-15-18(21)22-8-23-19(15)28(27-16)17-12-4-10-3-11(6-12)7-13(17)5-10/h2,8,10-13,17,20,29H,3-7H2,1H3,(H2,21,22,23)(H2,24,25,26). The van der Waals surface area contributed by atoms with Crippen LogP contribution in [0.15, 0.2) is 12.4 Å². The predicted octanol–water partition coefficient (Wildman–Crippen LogP) is 2.54. The molecule has 0 amide bonds. The van der Waals surface area contributed by atoms with Gasteiger partial charge in [-0.1, -0.05) is 0 Å². The molecule has 0 radical (unpaired) electrons. The lowest BCUT2D eigenvalue weighted by Crippen LogP contribution is -2.46. The van der Waals surface area contributed by atoms with E-state index in [0.717, 1.165) is 23.2 Å². The second-order valence-electron chi connectivity index (χ2n) is 9.19. The van der Waals surface area contributed by atoms with Gasteiger partial charge in [-0.3, -0.25) is 5.10 Å². The highest BCUT2D eigenvalue weighted by atomic mass is 16.3. The molecule has 4 bridgehead atoms. The molecule has 4 fully saturated rings. The summed E-state index contributed by atoms with van der Waals surface area (Å²) in [7, 11) is 0. The molecule has 4 saturated carbocycles. The van der Waals surface area contributed by atoms with E-state index in [1.54, 1.807) is 0 Å². The lowest BCUT2D eigenvalue weighted by molar-refractivity contribution is -0.0325. The van der Waals surface area contributed by atoms with Crippen LogP contribution in [0.5, 0.6) is 0 Å². The van der Waals surface area contributed by atoms with Gasteiger partial charge in [0.25, 0.3) is 0 Å². The highest BCUT2D eigenvalue weighted by Crippen LogP contribution is 2.58. The predicted molar refractivity (Wildman–Crippen MR) is 108 cm³/mol. The first-order valence-electron chi connectivity index (χ1n) is 10.5. The summed E-state index contributed by atoms with van der Waals surface area (Å²) in [6.45, 7) is 1.91. The molecule has 3 aromatic rings. The number of fused-ring (bicyclic) bond motifs is 1. The van der Waals surface area contributed by atoms with E-state index in [1.807, 2.05) is 13.0 Å². The van der Waals surface area contributed by atoms with Crippen molar-refractivity contribution in [3.05, 3.63) is 23.8 Å². The molecule has 29 heavy (non-hydrogen) atoms. The van der Waals surface area contributed by atoms with Crippen LogP contribution in [-0.2, 0) is 0 Å². The summed E-state index contributed by atoms with van der Waals surface area (Å²) in [5, 5.41) is 26.5. The van der Waals surface area contributed by atoms with Gasteiger partial charge in [0, 0.05) is 11.8 Å². The summed E-state index contributed by atoms with van der Waals surface area (Å²) >= 11 is 0. The minimum absolute atomic E-state index is 0.327. The van der Waals surface area contributed by atoms with Crippen molar-refractivity contribution in [2.45, 2.75) is 51.3 Å². The van der Waals surface area contributed by atoms with Crippen molar-refractivity contribution < 1.29 is 5.11 Å². The third-order valence-corrected chi connectivity index (χ3v) is 7.25. The van der Waals surface area contributed by atoms with Gasteiger partial charge in [-0.05, 0) is 62.7 Å². The average Bonchev–Trinajstić information content (AvgIpc) is 3.26. The van der Waals surface area contributed by atoms with Crippen LogP contribution in [0, 0.1) is 30.6 Å². The number of aromatic nitrogens is 6. The van der Waals surface area contributed by atoms with Gasteiger partial charge in [0.2, 0.25) is 0 Å². The first-order valence-corrected chi connectivity index (χ1v) is 10.5. The Balaban J connectivity index is 1.43. The molecule has 3 aromatic heterocycles. The maximum atomic E-state index is 10.9. The minimum atomic E-state index is -1.05. The van der Waals surface area contributed by atoms with Gasteiger partial charge >= 0.3 is 0 Å². The number of aromatic amines is 1. The van der Waals surface area contributed by atoms with Gasteiger partial charge in [-0.2, -0.15) is 10.2 Å². The Morgan fingerprint density at radius 2 is 1.90 bits per heavy atom. The number of nitrogen functional groups attached to an aromatic ring is 1. The average molecular weight is 394 g/mol. The molecule has 0 aromatic carbocycles. The van der Waals surface area contributed by atoms with Gasteiger partial charge in [0.15, 0.2) is 11.9 Å². The Bertz CT molecular complexity index is 1040. The number of nitrogens with zero attached hydrogens (tertiary/aromatic N) is 5. The Kier molecular flexibility index (Phi) is 3.65. The molecule has 0 spiro atoms. The molecule has 9 heteroatoms. The molecule has 1 atom stereocenters. The lowest BCUT2D eigenvalue weighted by Gasteiger charge is -2.54. The summed E-state index contributed by atoms with van der Waals surface area (Å²) in [5.74, 6) is 3.94. The largest absolute Gasteiger partial charge is 0.383 e. The second kappa shape index (κ2) is 6.16. The fraction of sp³-hybridized carbons (Fsp3) is 0.600. The van der Waals surface area contributed by atoms with E-state index in [4.69, 9.17) is 10.8 Å². The maximum absolute atomic E-state index is 10.9. The monoisotopic (exact) mass is 394 g/mol. The number of nitrogens with two attached hydrogens (primary N) is 1. The van der Waals surface area contributed by atoms with E-state index in [9.17, 15) is 5.11 Å². The van der Waals surface area contributed by atoms with Crippen LogP contribution in [0.4, 0.5) is 11.6 Å². The number of hydrogen-bond acceptors (Lipinski definition) is 7.